The van der Waals surface area contributed by atoms with Crippen LogP contribution in [0.5, 0.6) is 0 Å². The zero-order valence-corrected chi connectivity index (χ0v) is 17.9. The third-order valence-corrected chi connectivity index (χ3v) is 6.81. The normalized spacial score (nSPS) is 28.1. The molecule has 0 aromatic heterocycles. The number of rotatable bonds is 7. The number of unbranched alkanes of at least 4 members (excludes halogenated alkanes) is 2. The number of benzene rings is 1. The first kappa shape index (κ1) is 20.5. The maximum absolute atomic E-state index is 6.78. The summed E-state index contributed by atoms with van der Waals surface area (Å²) in [5.41, 5.74) is 1.98. The van der Waals surface area contributed by atoms with Gasteiger partial charge in [0.1, 0.15) is 0 Å². The second-order valence-corrected chi connectivity index (χ2v) is 8.74. The van der Waals surface area contributed by atoms with Crippen molar-refractivity contribution in [2.45, 2.75) is 70.3 Å². The highest BCUT2D eigenvalue weighted by Crippen LogP contribution is 2.46. The number of allylic oxidation sites excluding steroid dienone is 2. The molecular weight excluding hydrogens is 370 g/mol. The molecule has 1 atom stereocenters. The summed E-state index contributed by atoms with van der Waals surface area (Å²) in [6, 6.07) is 10.4. The molecule has 1 saturated carbocycles. The number of isothiocyanates is 1. The number of thiocarbonyl (C=S) groups is 1. The van der Waals surface area contributed by atoms with E-state index in [0.29, 0.717) is 5.92 Å². The Morgan fingerprint density at radius 1 is 1.15 bits per heavy atom. The van der Waals surface area contributed by atoms with Crippen LogP contribution < -0.4 is 0 Å². The van der Waals surface area contributed by atoms with Crippen molar-refractivity contribution in [3.63, 3.8) is 0 Å². The van der Waals surface area contributed by atoms with Gasteiger partial charge in [0.25, 0.3) is 0 Å². The monoisotopic (exact) mass is 399 g/mol. The van der Waals surface area contributed by atoms with Crippen LogP contribution in [0.4, 0.5) is 0 Å². The molecule has 0 heterocycles. The molecule has 0 amide bonds. The van der Waals surface area contributed by atoms with Crippen molar-refractivity contribution in [2.24, 2.45) is 16.8 Å². The Bertz CT molecular complexity index is 724. The summed E-state index contributed by atoms with van der Waals surface area (Å²) >= 11 is 11.8. The minimum absolute atomic E-state index is 0.300. The van der Waals surface area contributed by atoms with E-state index in [4.69, 9.17) is 23.8 Å². The van der Waals surface area contributed by atoms with Crippen LogP contribution in [0.3, 0.4) is 0 Å². The molecule has 1 nitrogen and oxygen atoms in total. The first-order valence-electron chi connectivity index (χ1n) is 10.4. The van der Waals surface area contributed by atoms with Crippen molar-refractivity contribution in [3.8, 4) is 0 Å². The van der Waals surface area contributed by atoms with Crippen LogP contribution in [-0.4, -0.2) is 10.7 Å². The molecule has 0 bridgehead atoms. The highest BCUT2D eigenvalue weighted by atomic mass is 35.5. The van der Waals surface area contributed by atoms with Gasteiger partial charge in [0.15, 0.2) is 0 Å². The third kappa shape index (κ3) is 4.99. The van der Waals surface area contributed by atoms with E-state index in [2.05, 4.69) is 53.5 Å². The van der Waals surface area contributed by atoms with E-state index in [1.54, 1.807) is 0 Å². The van der Waals surface area contributed by atoms with Crippen LogP contribution in [0.2, 0.25) is 0 Å². The van der Waals surface area contributed by atoms with E-state index >= 15 is 0 Å². The van der Waals surface area contributed by atoms with Crippen molar-refractivity contribution >= 4 is 34.6 Å². The number of hydrogen-bond donors (Lipinski definition) is 0. The van der Waals surface area contributed by atoms with E-state index in [0.717, 1.165) is 22.9 Å². The Hall–Kier alpha value is -1.21. The van der Waals surface area contributed by atoms with Crippen molar-refractivity contribution in [2.75, 3.05) is 0 Å². The van der Waals surface area contributed by atoms with Crippen LogP contribution in [0, 0.1) is 11.8 Å². The predicted molar refractivity (Wildman–Crippen MR) is 120 cm³/mol. The lowest BCUT2D eigenvalue weighted by molar-refractivity contribution is 0.197. The minimum atomic E-state index is -0.300. The first-order chi connectivity index (χ1) is 13.2. The molecule has 0 radical (unpaired) electrons. The molecule has 0 N–H and O–H groups in total. The SMILES string of the molecule is CCCCCC1CCC(C2(N=C=S)C=CC(c3ccccc3)=C(Cl)C2)CC1. The molecule has 1 fully saturated rings. The van der Waals surface area contributed by atoms with Gasteiger partial charge in [-0.25, -0.2) is 4.99 Å². The second kappa shape index (κ2) is 9.82. The van der Waals surface area contributed by atoms with Gasteiger partial charge in [-0.2, -0.15) is 0 Å². The molecule has 0 aliphatic heterocycles. The van der Waals surface area contributed by atoms with Crippen molar-refractivity contribution in [1.82, 2.24) is 0 Å². The van der Waals surface area contributed by atoms with Crippen LogP contribution in [0.25, 0.3) is 5.57 Å². The van der Waals surface area contributed by atoms with Gasteiger partial charge < -0.3 is 0 Å². The highest BCUT2D eigenvalue weighted by Gasteiger charge is 2.41. The Morgan fingerprint density at radius 3 is 2.52 bits per heavy atom. The van der Waals surface area contributed by atoms with Gasteiger partial charge in [-0.3, -0.25) is 0 Å². The number of aliphatic imine (C=N–C) groups is 1. The minimum Gasteiger partial charge on any atom is -0.221 e. The lowest BCUT2D eigenvalue weighted by Gasteiger charge is -2.40. The molecule has 3 rings (SSSR count). The molecule has 2 aliphatic rings. The van der Waals surface area contributed by atoms with Gasteiger partial charge in [-0.15, -0.1) is 0 Å². The van der Waals surface area contributed by atoms with E-state index in [1.165, 1.54) is 56.9 Å². The van der Waals surface area contributed by atoms with E-state index < -0.39 is 0 Å². The first-order valence-corrected chi connectivity index (χ1v) is 11.2. The number of hydrogen-bond acceptors (Lipinski definition) is 2. The zero-order valence-electron chi connectivity index (χ0n) is 16.3. The average Bonchev–Trinajstić information content (AvgIpc) is 2.70. The number of nitrogens with zero attached hydrogens (tertiary/aromatic N) is 1. The molecule has 27 heavy (non-hydrogen) atoms. The van der Waals surface area contributed by atoms with Gasteiger partial charge in [0.05, 0.1) is 10.7 Å². The number of halogens is 1. The Morgan fingerprint density at radius 2 is 1.89 bits per heavy atom. The molecule has 1 aromatic rings. The van der Waals surface area contributed by atoms with Crippen molar-refractivity contribution in [3.05, 3.63) is 53.1 Å². The fourth-order valence-corrected chi connectivity index (χ4v) is 5.32. The Kier molecular flexibility index (Phi) is 7.47. The summed E-state index contributed by atoms with van der Waals surface area (Å²) in [6.07, 6.45) is 15.6. The van der Waals surface area contributed by atoms with E-state index in [9.17, 15) is 0 Å². The summed E-state index contributed by atoms with van der Waals surface area (Å²) in [4.78, 5) is 4.68. The predicted octanol–water partition coefficient (Wildman–Crippen LogP) is 7.82. The molecule has 144 valence electrons. The van der Waals surface area contributed by atoms with Gasteiger partial charge in [-0.1, -0.05) is 99.5 Å². The van der Waals surface area contributed by atoms with Gasteiger partial charge >= 0.3 is 0 Å². The Labute approximate surface area is 174 Å². The van der Waals surface area contributed by atoms with Gasteiger partial charge in [-0.05, 0) is 48.0 Å². The summed E-state index contributed by atoms with van der Waals surface area (Å²) in [6.45, 7) is 2.28. The topological polar surface area (TPSA) is 12.4 Å². The molecule has 2 aliphatic carbocycles. The van der Waals surface area contributed by atoms with Crippen LogP contribution in [0.1, 0.15) is 70.3 Å². The highest BCUT2D eigenvalue weighted by molar-refractivity contribution is 7.78. The fraction of sp³-hybridized carbons (Fsp3) is 0.542. The lowest BCUT2D eigenvalue weighted by atomic mass is 9.68. The fourth-order valence-electron chi connectivity index (χ4n) is 4.76. The van der Waals surface area contributed by atoms with Crippen molar-refractivity contribution < 1.29 is 0 Å². The summed E-state index contributed by atoms with van der Waals surface area (Å²) in [7, 11) is 0. The Balaban J connectivity index is 1.71. The molecule has 1 aromatic carbocycles. The van der Waals surface area contributed by atoms with Crippen LogP contribution in [0.15, 0.2) is 52.5 Å². The van der Waals surface area contributed by atoms with Crippen molar-refractivity contribution in [1.29, 1.82) is 0 Å². The standard InChI is InChI=1S/C24H30ClNS/c1-2-3-5-8-19-11-13-21(14-12-19)24(26-18-27)16-15-22(23(25)17-24)20-9-6-4-7-10-20/h4,6-7,9-10,15-16,19,21H,2-3,5,8,11-14,17H2,1H3. The molecule has 3 heteroatoms. The smallest absolute Gasteiger partial charge is 0.0970 e. The lowest BCUT2D eigenvalue weighted by Crippen LogP contribution is -2.38. The quantitative estimate of drug-likeness (QED) is 0.258. The van der Waals surface area contributed by atoms with Crippen LogP contribution >= 0.6 is 23.8 Å². The molecular formula is C24H30ClNS. The second-order valence-electron chi connectivity index (χ2n) is 8.10. The molecule has 1 unspecified atom stereocenters. The summed E-state index contributed by atoms with van der Waals surface area (Å²) < 4.78 is 0. The average molecular weight is 400 g/mol. The summed E-state index contributed by atoms with van der Waals surface area (Å²) in [5, 5.41) is 3.57. The van der Waals surface area contributed by atoms with Gasteiger partial charge in [0, 0.05) is 11.5 Å². The van der Waals surface area contributed by atoms with Gasteiger partial charge in [0.2, 0.25) is 0 Å². The maximum atomic E-state index is 6.78. The van der Waals surface area contributed by atoms with Crippen LogP contribution in [-0.2, 0) is 0 Å². The van der Waals surface area contributed by atoms with E-state index in [1.807, 2.05) is 6.07 Å². The maximum Gasteiger partial charge on any atom is 0.0970 e. The third-order valence-electron chi connectivity index (χ3n) is 6.38. The summed E-state index contributed by atoms with van der Waals surface area (Å²) in [5.74, 6) is 1.40. The zero-order chi connectivity index (χ0) is 19.1. The molecule has 0 saturated heterocycles. The van der Waals surface area contributed by atoms with E-state index in [-0.39, 0.29) is 5.54 Å². The molecule has 0 spiro atoms. The largest absolute Gasteiger partial charge is 0.221 e.